The number of aryl methyl sites for hydroxylation is 1. The quantitative estimate of drug-likeness (QED) is 0.586. The number of hydrogen-bond donors (Lipinski definition) is 2. The number of aromatic nitrogens is 6. The van der Waals surface area contributed by atoms with Crippen LogP contribution >= 0.6 is 0 Å². The fourth-order valence-electron chi connectivity index (χ4n) is 2.64. The third-order valence-corrected chi connectivity index (χ3v) is 4.19. The van der Waals surface area contributed by atoms with Crippen molar-refractivity contribution in [2.75, 3.05) is 10.6 Å². The van der Waals surface area contributed by atoms with Gasteiger partial charge in [0.25, 0.3) is 5.91 Å². The molecule has 0 bridgehead atoms. The van der Waals surface area contributed by atoms with Crippen LogP contribution in [0.2, 0.25) is 0 Å². The van der Waals surface area contributed by atoms with Gasteiger partial charge in [0.1, 0.15) is 12.0 Å². The molecule has 0 unspecified atom stereocenters. The maximum atomic E-state index is 13.0. The normalized spacial score (nSPS) is 10.8. The summed E-state index contributed by atoms with van der Waals surface area (Å²) in [5, 5.41) is 9.83. The SMILES string of the molecule is CCC(=O)c1c(NC(=O)c2nc(C(C)C)cnc2Nc2cncnc2)cnn1C. The fraction of sp³-hybridized carbons (Fsp3) is 0.316. The zero-order valence-electron chi connectivity index (χ0n) is 16.7. The van der Waals surface area contributed by atoms with Crippen LogP contribution in [0.25, 0.3) is 0 Å². The molecule has 0 aromatic carbocycles. The van der Waals surface area contributed by atoms with Gasteiger partial charge in [-0.3, -0.25) is 14.3 Å². The molecule has 2 N–H and O–H groups in total. The zero-order chi connectivity index (χ0) is 21.0. The van der Waals surface area contributed by atoms with Crippen LogP contribution in [0.1, 0.15) is 59.8 Å². The molecule has 150 valence electrons. The van der Waals surface area contributed by atoms with E-state index in [0.717, 1.165) is 0 Å². The summed E-state index contributed by atoms with van der Waals surface area (Å²) in [6.07, 6.45) is 7.88. The van der Waals surface area contributed by atoms with Gasteiger partial charge in [-0.05, 0) is 5.92 Å². The van der Waals surface area contributed by atoms with Crippen molar-refractivity contribution in [3.8, 4) is 0 Å². The van der Waals surface area contributed by atoms with E-state index in [1.807, 2.05) is 13.8 Å². The van der Waals surface area contributed by atoms with E-state index in [0.29, 0.717) is 29.2 Å². The smallest absolute Gasteiger partial charge is 0.278 e. The highest BCUT2D eigenvalue weighted by atomic mass is 16.2. The Hall–Kier alpha value is -3.69. The monoisotopic (exact) mass is 394 g/mol. The van der Waals surface area contributed by atoms with E-state index in [-0.39, 0.29) is 23.2 Å². The second-order valence-corrected chi connectivity index (χ2v) is 6.66. The van der Waals surface area contributed by atoms with Crippen LogP contribution in [0.3, 0.4) is 0 Å². The Morgan fingerprint density at radius 3 is 2.52 bits per heavy atom. The highest BCUT2D eigenvalue weighted by Crippen LogP contribution is 2.22. The standard InChI is InChI=1S/C19H22N8O2/c1-5-15(28)17-14(9-23-27(17)4)26-19(29)16-18(22-8-13(25-16)11(2)3)24-12-6-20-10-21-7-12/h6-11H,5H2,1-4H3,(H,22,24)(H,26,29). The molecule has 0 fully saturated rings. The molecular weight excluding hydrogens is 372 g/mol. The van der Waals surface area contributed by atoms with Crippen LogP contribution in [0, 0.1) is 0 Å². The molecule has 3 aromatic rings. The highest BCUT2D eigenvalue weighted by Gasteiger charge is 2.22. The van der Waals surface area contributed by atoms with Crippen LogP contribution in [0.4, 0.5) is 17.2 Å². The molecule has 0 aliphatic heterocycles. The van der Waals surface area contributed by atoms with Crippen molar-refractivity contribution in [2.24, 2.45) is 7.05 Å². The van der Waals surface area contributed by atoms with Crippen LogP contribution in [-0.2, 0) is 7.05 Å². The molecule has 10 heteroatoms. The zero-order valence-corrected chi connectivity index (χ0v) is 16.7. The number of hydrogen-bond acceptors (Lipinski definition) is 8. The number of carbonyl (C=O) groups excluding carboxylic acids is 2. The van der Waals surface area contributed by atoms with E-state index in [1.165, 1.54) is 17.2 Å². The topological polar surface area (TPSA) is 128 Å². The Labute approximate surface area is 167 Å². The first kappa shape index (κ1) is 20.1. The van der Waals surface area contributed by atoms with Gasteiger partial charge in [-0.1, -0.05) is 20.8 Å². The van der Waals surface area contributed by atoms with Crippen molar-refractivity contribution in [1.29, 1.82) is 0 Å². The number of amides is 1. The lowest BCUT2D eigenvalue weighted by molar-refractivity contribution is 0.0980. The lowest BCUT2D eigenvalue weighted by atomic mass is 10.1. The Bertz CT molecular complexity index is 1030. The summed E-state index contributed by atoms with van der Waals surface area (Å²) in [6.45, 7) is 5.68. The van der Waals surface area contributed by atoms with Gasteiger partial charge < -0.3 is 10.6 Å². The van der Waals surface area contributed by atoms with Gasteiger partial charge >= 0.3 is 0 Å². The van der Waals surface area contributed by atoms with Crippen LogP contribution < -0.4 is 10.6 Å². The fourth-order valence-corrected chi connectivity index (χ4v) is 2.64. The van der Waals surface area contributed by atoms with E-state index in [9.17, 15) is 9.59 Å². The predicted octanol–water partition coefficient (Wildman–Crippen LogP) is 2.71. The van der Waals surface area contributed by atoms with E-state index >= 15 is 0 Å². The van der Waals surface area contributed by atoms with Gasteiger partial charge in [0.15, 0.2) is 17.3 Å². The maximum absolute atomic E-state index is 13.0. The minimum atomic E-state index is -0.502. The molecular formula is C19H22N8O2. The molecule has 0 radical (unpaired) electrons. The Balaban J connectivity index is 1.96. The first-order valence-electron chi connectivity index (χ1n) is 9.16. The predicted molar refractivity (Wildman–Crippen MR) is 107 cm³/mol. The summed E-state index contributed by atoms with van der Waals surface area (Å²) in [5.41, 5.74) is 1.99. The van der Waals surface area contributed by atoms with Crippen molar-refractivity contribution >= 4 is 28.9 Å². The molecule has 0 aliphatic carbocycles. The van der Waals surface area contributed by atoms with Crippen LogP contribution in [-0.4, -0.2) is 41.4 Å². The summed E-state index contributed by atoms with van der Waals surface area (Å²) in [7, 11) is 1.65. The molecule has 0 spiro atoms. The molecule has 0 aliphatic rings. The molecule has 10 nitrogen and oxygen atoms in total. The number of nitrogens with zero attached hydrogens (tertiary/aromatic N) is 6. The Morgan fingerprint density at radius 1 is 1.14 bits per heavy atom. The highest BCUT2D eigenvalue weighted by molar-refractivity contribution is 6.10. The minimum Gasteiger partial charge on any atom is -0.336 e. The summed E-state index contributed by atoms with van der Waals surface area (Å²) < 4.78 is 1.44. The largest absolute Gasteiger partial charge is 0.336 e. The van der Waals surface area contributed by atoms with Gasteiger partial charge in [-0.25, -0.2) is 19.9 Å². The number of nitrogens with one attached hydrogen (secondary N) is 2. The van der Waals surface area contributed by atoms with Crippen LogP contribution in [0.5, 0.6) is 0 Å². The van der Waals surface area contributed by atoms with Crippen molar-refractivity contribution in [1.82, 2.24) is 29.7 Å². The molecule has 0 saturated heterocycles. The Kier molecular flexibility index (Phi) is 5.91. The molecule has 3 aromatic heterocycles. The van der Waals surface area contributed by atoms with Crippen molar-refractivity contribution in [2.45, 2.75) is 33.1 Å². The number of carbonyl (C=O) groups is 2. The first-order chi connectivity index (χ1) is 13.9. The van der Waals surface area contributed by atoms with Gasteiger partial charge in [-0.15, -0.1) is 0 Å². The van der Waals surface area contributed by atoms with Crippen molar-refractivity contribution in [3.05, 3.63) is 48.2 Å². The second-order valence-electron chi connectivity index (χ2n) is 6.66. The maximum Gasteiger partial charge on any atom is 0.278 e. The summed E-state index contributed by atoms with van der Waals surface area (Å²) in [4.78, 5) is 42.0. The average molecular weight is 394 g/mol. The lowest BCUT2D eigenvalue weighted by Gasteiger charge is -2.13. The van der Waals surface area contributed by atoms with E-state index in [4.69, 9.17) is 0 Å². The molecule has 3 rings (SSSR count). The first-order valence-corrected chi connectivity index (χ1v) is 9.16. The van der Waals surface area contributed by atoms with Gasteiger partial charge in [0.2, 0.25) is 0 Å². The van der Waals surface area contributed by atoms with E-state index in [1.54, 1.807) is 32.6 Å². The number of Topliss-reactive ketones (excluding diaryl/α,β-unsaturated/α-hetero) is 1. The molecule has 0 saturated carbocycles. The molecule has 1 amide bonds. The molecule has 3 heterocycles. The third-order valence-electron chi connectivity index (χ3n) is 4.19. The van der Waals surface area contributed by atoms with Gasteiger partial charge in [-0.2, -0.15) is 5.10 Å². The summed E-state index contributed by atoms with van der Waals surface area (Å²) in [6, 6.07) is 0. The number of anilines is 3. The third kappa shape index (κ3) is 4.42. The van der Waals surface area contributed by atoms with Crippen molar-refractivity contribution in [3.63, 3.8) is 0 Å². The van der Waals surface area contributed by atoms with Gasteiger partial charge in [0, 0.05) is 13.5 Å². The minimum absolute atomic E-state index is 0.0822. The lowest BCUT2D eigenvalue weighted by Crippen LogP contribution is -2.19. The molecule has 29 heavy (non-hydrogen) atoms. The van der Waals surface area contributed by atoms with E-state index in [2.05, 4.69) is 35.7 Å². The Morgan fingerprint density at radius 2 is 1.86 bits per heavy atom. The number of rotatable bonds is 7. The number of ketones is 1. The van der Waals surface area contributed by atoms with Gasteiger partial charge in [0.05, 0.1) is 41.9 Å². The second kappa shape index (κ2) is 8.55. The van der Waals surface area contributed by atoms with E-state index < -0.39 is 5.91 Å². The summed E-state index contributed by atoms with van der Waals surface area (Å²) >= 11 is 0. The summed E-state index contributed by atoms with van der Waals surface area (Å²) in [5.74, 6) is -0.285. The van der Waals surface area contributed by atoms with Crippen LogP contribution in [0.15, 0.2) is 31.1 Å². The average Bonchev–Trinajstić information content (AvgIpc) is 3.08. The van der Waals surface area contributed by atoms with Crippen molar-refractivity contribution < 1.29 is 9.59 Å². The molecule has 0 atom stereocenters.